The quantitative estimate of drug-likeness (QED) is 0.346. The summed E-state index contributed by atoms with van der Waals surface area (Å²) in [5.41, 5.74) is 0. The molecule has 4 heteroatoms. The van der Waals surface area contributed by atoms with E-state index in [-0.39, 0.29) is 42.8 Å². The van der Waals surface area contributed by atoms with E-state index in [1.807, 2.05) is 5.32 Å². The molecule has 0 aliphatic heterocycles. The van der Waals surface area contributed by atoms with Crippen molar-refractivity contribution in [3.8, 4) is 0 Å². The van der Waals surface area contributed by atoms with Crippen molar-refractivity contribution in [3.63, 3.8) is 0 Å². The summed E-state index contributed by atoms with van der Waals surface area (Å²) < 4.78 is 0. The van der Waals surface area contributed by atoms with Gasteiger partial charge in [0.25, 0.3) is 0 Å². The zero-order chi connectivity index (χ0) is 5.86. The van der Waals surface area contributed by atoms with E-state index in [4.69, 9.17) is 0 Å². The maximum atomic E-state index is 9.92. The molecule has 42 valence electrons. The molecule has 3 nitrogen and oxygen atoms in total. The van der Waals surface area contributed by atoms with Crippen LogP contribution in [0.2, 0.25) is 0 Å². The van der Waals surface area contributed by atoms with Gasteiger partial charge in [0.2, 0.25) is 11.8 Å². The smallest absolute Gasteiger partial charge is 1.00 e. The Morgan fingerprint density at radius 1 is 1.25 bits per heavy atom. The van der Waals surface area contributed by atoms with Gasteiger partial charge in [0, 0.05) is 13.8 Å². The molecule has 0 aliphatic rings. The van der Waals surface area contributed by atoms with Gasteiger partial charge in [-0.25, -0.2) is 0 Å². The largest absolute Gasteiger partial charge is 1.00 e. The van der Waals surface area contributed by atoms with Crippen molar-refractivity contribution in [1.29, 1.82) is 0 Å². The summed E-state index contributed by atoms with van der Waals surface area (Å²) in [5, 5.41) is 2.03. The first kappa shape index (κ1) is 11.0. The van der Waals surface area contributed by atoms with Crippen LogP contribution >= 0.6 is 0 Å². The summed E-state index contributed by atoms with van der Waals surface area (Å²) in [4.78, 5) is 19.8. The Morgan fingerprint density at radius 2 is 1.50 bits per heavy atom. The molecule has 0 saturated heterocycles. The normalized spacial score (nSPS) is 6.75. The molecule has 0 heterocycles. The summed E-state index contributed by atoms with van der Waals surface area (Å²) in [6.45, 7) is 2.59. The second-order valence-corrected chi connectivity index (χ2v) is 1.24. The molecule has 2 amide bonds. The summed E-state index contributed by atoms with van der Waals surface area (Å²) in [7, 11) is 0. The standard InChI is InChI=1S/C4H7NO2.Na.H/c1-3(6)5-4(2)7;;/h1-2H3,(H,5,6,7);;/q;+1;-1. The third-order valence-corrected chi connectivity index (χ3v) is 0.352. The number of imide groups is 1. The average Bonchev–Trinajstić information content (AvgIpc) is 1.27. The van der Waals surface area contributed by atoms with Crippen LogP contribution in [0.5, 0.6) is 0 Å². The van der Waals surface area contributed by atoms with Crippen LogP contribution in [0.3, 0.4) is 0 Å². The van der Waals surface area contributed by atoms with Gasteiger partial charge in [-0.05, 0) is 0 Å². The zero-order valence-corrected chi connectivity index (χ0v) is 7.32. The fourth-order valence-corrected chi connectivity index (χ4v) is 0.248. The summed E-state index contributed by atoms with van der Waals surface area (Å²) in [6, 6.07) is 0. The maximum Gasteiger partial charge on any atom is 1.00 e. The number of hydrogen-bond donors (Lipinski definition) is 1. The number of rotatable bonds is 0. The first-order valence-corrected chi connectivity index (χ1v) is 1.91. The zero-order valence-electron chi connectivity index (χ0n) is 6.32. The molecule has 0 bridgehead atoms. The third-order valence-electron chi connectivity index (χ3n) is 0.352. The van der Waals surface area contributed by atoms with Crippen LogP contribution in [0.15, 0.2) is 0 Å². The molecule has 0 atom stereocenters. The van der Waals surface area contributed by atoms with Crippen LogP contribution in [0.25, 0.3) is 0 Å². The van der Waals surface area contributed by atoms with Crippen LogP contribution < -0.4 is 34.9 Å². The summed E-state index contributed by atoms with van der Waals surface area (Å²) in [5.74, 6) is -0.625. The van der Waals surface area contributed by atoms with Gasteiger partial charge < -0.3 is 1.43 Å². The van der Waals surface area contributed by atoms with Crippen LogP contribution in [0, 0.1) is 0 Å². The molecule has 1 N–H and O–H groups in total. The number of carbonyl (C=O) groups excluding carboxylic acids is 2. The molecule has 8 heavy (non-hydrogen) atoms. The molecule has 0 unspecified atom stereocenters. The van der Waals surface area contributed by atoms with Gasteiger partial charge in [-0.2, -0.15) is 0 Å². The van der Waals surface area contributed by atoms with Crippen molar-refractivity contribution in [2.24, 2.45) is 0 Å². The topological polar surface area (TPSA) is 46.2 Å². The Hall–Kier alpha value is 0.140. The van der Waals surface area contributed by atoms with Gasteiger partial charge in [-0.3, -0.25) is 14.9 Å². The van der Waals surface area contributed by atoms with E-state index in [1.165, 1.54) is 13.8 Å². The first-order chi connectivity index (χ1) is 3.13. The second-order valence-electron chi connectivity index (χ2n) is 1.24. The van der Waals surface area contributed by atoms with Crippen molar-refractivity contribution in [3.05, 3.63) is 0 Å². The van der Waals surface area contributed by atoms with E-state index in [9.17, 15) is 9.59 Å². The Labute approximate surface area is 71.6 Å². The molecule has 0 spiro atoms. The molecule has 0 fully saturated rings. The van der Waals surface area contributed by atoms with Gasteiger partial charge in [-0.1, -0.05) is 0 Å². The van der Waals surface area contributed by atoms with E-state index < -0.39 is 0 Å². The molecule has 0 aromatic heterocycles. The molecule has 0 rings (SSSR count). The van der Waals surface area contributed by atoms with Gasteiger partial charge in [0.15, 0.2) is 0 Å². The van der Waals surface area contributed by atoms with Gasteiger partial charge in [0.1, 0.15) is 0 Å². The molecule has 0 radical (unpaired) electrons. The minimum Gasteiger partial charge on any atom is -1.00 e. The monoisotopic (exact) mass is 125 g/mol. The molecule has 0 saturated carbocycles. The first-order valence-electron chi connectivity index (χ1n) is 1.91. The Morgan fingerprint density at radius 3 is 1.50 bits per heavy atom. The van der Waals surface area contributed by atoms with Crippen molar-refractivity contribution < 1.29 is 40.6 Å². The molecule has 0 aromatic carbocycles. The number of carbonyl (C=O) groups is 2. The fourth-order valence-electron chi connectivity index (χ4n) is 0.248. The molecule has 0 aliphatic carbocycles. The van der Waals surface area contributed by atoms with E-state index >= 15 is 0 Å². The SMILES string of the molecule is CC(=O)NC(C)=O.[H-].[Na+]. The predicted octanol–water partition coefficient (Wildman–Crippen LogP) is -3.21. The fraction of sp³-hybridized carbons (Fsp3) is 0.500. The van der Waals surface area contributed by atoms with Crippen LogP contribution in [-0.4, -0.2) is 11.8 Å². The predicted molar refractivity (Wildman–Crippen MR) is 25.6 cm³/mol. The van der Waals surface area contributed by atoms with Crippen molar-refractivity contribution in [1.82, 2.24) is 5.32 Å². The minimum atomic E-state index is -0.312. The van der Waals surface area contributed by atoms with Gasteiger partial charge in [0.05, 0.1) is 0 Å². The Kier molecular flexibility index (Phi) is 7.26. The average molecular weight is 125 g/mol. The molecular weight excluding hydrogens is 117 g/mol. The van der Waals surface area contributed by atoms with E-state index in [1.54, 1.807) is 0 Å². The number of nitrogens with one attached hydrogen (secondary N) is 1. The molecular formula is C4H8NNaO2. The van der Waals surface area contributed by atoms with Crippen molar-refractivity contribution in [2.45, 2.75) is 13.8 Å². The van der Waals surface area contributed by atoms with E-state index in [0.717, 1.165) is 0 Å². The second kappa shape index (κ2) is 5.28. The van der Waals surface area contributed by atoms with Crippen molar-refractivity contribution >= 4 is 11.8 Å². The van der Waals surface area contributed by atoms with Gasteiger partial charge >= 0.3 is 29.6 Å². The third kappa shape index (κ3) is 9.46. The summed E-state index contributed by atoms with van der Waals surface area (Å²) >= 11 is 0. The van der Waals surface area contributed by atoms with Crippen LogP contribution in [0.4, 0.5) is 0 Å². The minimum absolute atomic E-state index is 0. The van der Waals surface area contributed by atoms with E-state index in [2.05, 4.69) is 0 Å². The van der Waals surface area contributed by atoms with Crippen LogP contribution in [0.1, 0.15) is 15.3 Å². The Bertz CT molecular complexity index is 94.7. The summed E-state index contributed by atoms with van der Waals surface area (Å²) in [6.07, 6.45) is 0. The number of amides is 2. The Balaban J connectivity index is -0.000000180. The molecule has 0 aromatic rings. The number of hydrogen-bond acceptors (Lipinski definition) is 2. The van der Waals surface area contributed by atoms with Gasteiger partial charge in [-0.15, -0.1) is 0 Å². The maximum absolute atomic E-state index is 9.92. The van der Waals surface area contributed by atoms with E-state index in [0.29, 0.717) is 0 Å². The van der Waals surface area contributed by atoms with Crippen molar-refractivity contribution in [2.75, 3.05) is 0 Å². The van der Waals surface area contributed by atoms with Crippen LogP contribution in [-0.2, 0) is 9.59 Å².